The molecule has 35 heavy (non-hydrogen) atoms. The van der Waals surface area contributed by atoms with Gasteiger partial charge in [-0.15, -0.1) is 0 Å². The van der Waals surface area contributed by atoms with Crippen LogP contribution < -0.4 is 9.47 Å². The van der Waals surface area contributed by atoms with Crippen LogP contribution in [0, 0.1) is 0 Å². The van der Waals surface area contributed by atoms with Gasteiger partial charge in [-0.05, 0) is 32.6 Å². The van der Waals surface area contributed by atoms with E-state index in [9.17, 15) is 9.59 Å². The first-order valence-corrected chi connectivity index (χ1v) is 13.7. The number of ether oxygens (including phenoxy) is 2. The zero-order valence-corrected chi connectivity index (χ0v) is 21.9. The van der Waals surface area contributed by atoms with E-state index >= 15 is 0 Å². The van der Waals surface area contributed by atoms with Crippen LogP contribution in [0.2, 0.25) is 0 Å². The van der Waals surface area contributed by atoms with Crippen molar-refractivity contribution in [1.29, 1.82) is 0 Å². The third-order valence-corrected chi connectivity index (χ3v) is 6.84. The summed E-state index contributed by atoms with van der Waals surface area (Å²) in [6.45, 7) is 6.47. The number of allylic oxidation sites excluding steroid dienone is 2. The van der Waals surface area contributed by atoms with Crippen molar-refractivity contribution < 1.29 is 19.1 Å². The first-order chi connectivity index (χ1) is 17.0. The average molecular weight is 479 g/mol. The summed E-state index contributed by atoms with van der Waals surface area (Å²) >= 11 is 0. The van der Waals surface area contributed by atoms with Crippen molar-refractivity contribution in [2.45, 2.75) is 111 Å². The lowest BCUT2D eigenvalue weighted by atomic mass is 9.87. The molecule has 0 radical (unpaired) electrons. The van der Waals surface area contributed by atoms with E-state index in [1.807, 2.05) is 24.3 Å². The SMILES string of the molecule is CCCCCCCC(=O)Oc1c2c(c(OC(=O)CCCCCCC)c3ccccc13)CC(C)=CC2. The van der Waals surface area contributed by atoms with Gasteiger partial charge in [-0.25, -0.2) is 0 Å². The van der Waals surface area contributed by atoms with Crippen LogP contribution in [0.4, 0.5) is 0 Å². The van der Waals surface area contributed by atoms with Crippen molar-refractivity contribution in [1.82, 2.24) is 0 Å². The van der Waals surface area contributed by atoms with Gasteiger partial charge in [0, 0.05) is 34.7 Å². The van der Waals surface area contributed by atoms with Crippen molar-refractivity contribution >= 4 is 22.7 Å². The molecule has 0 fully saturated rings. The first kappa shape index (κ1) is 27.0. The molecule has 0 heterocycles. The normalized spacial score (nSPS) is 12.8. The fourth-order valence-electron chi connectivity index (χ4n) is 4.82. The highest BCUT2D eigenvalue weighted by molar-refractivity contribution is 5.99. The van der Waals surface area contributed by atoms with Gasteiger partial charge in [0.25, 0.3) is 0 Å². The molecule has 4 nitrogen and oxygen atoms in total. The van der Waals surface area contributed by atoms with Crippen molar-refractivity contribution in [2.24, 2.45) is 0 Å². The Balaban J connectivity index is 1.84. The van der Waals surface area contributed by atoms with Crippen LogP contribution in [-0.2, 0) is 22.4 Å². The van der Waals surface area contributed by atoms with Crippen LogP contribution >= 0.6 is 0 Å². The number of unbranched alkanes of at least 4 members (excludes halogenated alkanes) is 8. The molecule has 2 aromatic carbocycles. The average Bonchev–Trinajstić information content (AvgIpc) is 2.85. The maximum atomic E-state index is 12.8. The van der Waals surface area contributed by atoms with Gasteiger partial charge in [-0.2, -0.15) is 0 Å². The number of carbonyl (C=O) groups is 2. The molecule has 0 unspecified atom stereocenters. The highest BCUT2D eigenvalue weighted by Gasteiger charge is 2.26. The van der Waals surface area contributed by atoms with E-state index in [4.69, 9.17) is 9.47 Å². The second kappa shape index (κ2) is 14.1. The fourth-order valence-corrected chi connectivity index (χ4v) is 4.82. The van der Waals surface area contributed by atoms with Crippen molar-refractivity contribution in [3.05, 3.63) is 47.0 Å². The van der Waals surface area contributed by atoms with Gasteiger partial charge < -0.3 is 9.47 Å². The number of benzene rings is 2. The molecule has 190 valence electrons. The van der Waals surface area contributed by atoms with E-state index in [0.717, 1.165) is 60.4 Å². The smallest absolute Gasteiger partial charge is 0.311 e. The second-order valence-electron chi connectivity index (χ2n) is 9.87. The Bertz CT molecular complexity index is 1030. The zero-order valence-electron chi connectivity index (χ0n) is 21.9. The van der Waals surface area contributed by atoms with E-state index in [1.54, 1.807) is 0 Å². The van der Waals surface area contributed by atoms with Gasteiger partial charge in [-0.1, -0.05) is 101 Å². The van der Waals surface area contributed by atoms with Crippen molar-refractivity contribution in [3.63, 3.8) is 0 Å². The largest absolute Gasteiger partial charge is 0.426 e. The maximum Gasteiger partial charge on any atom is 0.311 e. The summed E-state index contributed by atoms with van der Waals surface area (Å²) in [5, 5.41) is 1.68. The molecule has 0 aromatic heterocycles. The molecule has 0 aliphatic heterocycles. The molecular formula is C31H42O4. The van der Waals surface area contributed by atoms with E-state index in [0.29, 0.717) is 37.2 Å². The van der Waals surface area contributed by atoms with Crippen LogP contribution in [0.1, 0.15) is 109 Å². The molecule has 0 spiro atoms. The summed E-state index contributed by atoms with van der Waals surface area (Å²) in [6.07, 6.45) is 15.3. The Labute approximate surface area is 211 Å². The predicted octanol–water partition coefficient (Wildman–Crippen LogP) is 8.42. The summed E-state index contributed by atoms with van der Waals surface area (Å²) in [5.41, 5.74) is 3.19. The number of carbonyl (C=O) groups excluding carboxylic acids is 2. The minimum Gasteiger partial charge on any atom is -0.426 e. The lowest BCUT2D eigenvalue weighted by Crippen LogP contribution is -2.15. The molecule has 4 heteroatoms. The third-order valence-electron chi connectivity index (χ3n) is 6.84. The van der Waals surface area contributed by atoms with Gasteiger partial charge in [0.2, 0.25) is 0 Å². The predicted molar refractivity (Wildman–Crippen MR) is 143 cm³/mol. The minimum absolute atomic E-state index is 0.183. The summed E-state index contributed by atoms with van der Waals surface area (Å²) in [5.74, 6) is 0.910. The van der Waals surface area contributed by atoms with E-state index < -0.39 is 0 Å². The lowest BCUT2D eigenvalue weighted by molar-refractivity contribution is -0.135. The first-order valence-electron chi connectivity index (χ1n) is 13.7. The van der Waals surface area contributed by atoms with Crippen LogP contribution in [0.3, 0.4) is 0 Å². The van der Waals surface area contributed by atoms with Crippen molar-refractivity contribution in [3.8, 4) is 11.5 Å². The number of rotatable bonds is 14. The van der Waals surface area contributed by atoms with Crippen LogP contribution in [0.25, 0.3) is 10.8 Å². The van der Waals surface area contributed by atoms with Gasteiger partial charge in [0.05, 0.1) is 0 Å². The summed E-state index contributed by atoms with van der Waals surface area (Å²) in [6, 6.07) is 7.82. The van der Waals surface area contributed by atoms with Gasteiger partial charge >= 0.3 is 11.9 Å². The molecule has 3 rings (SSSR count). The van der Waals surface area contributed by atoms with Crippen LogP contribution in [-0.4, -0.2) is 11.9 Å². The van der Waals surface area contributed by atoms with Gasteiger partial charge in [0.15, 0.2) is 0 Å². The Morgan fingerprint density at radius 2 is 1.20 bits per heavy atom. The number of hydrogen-bond donors (Lipinski definition) is 0. The lowest BCUT2D eigenvalue weighted by Gasteiger charge is -2.24. The number of fused-ring (bicyclic) bond motifs is 2. The number of hydrogen-bond acceptors (Lipinski definition) is 4. The Morgan fingerprint density at radius 3 is 1.71 bits per heavy atom. The van der Waals surface area contributed by atoms with Crippen molar-refractivity contribution in [2.75, 3.05) is 0 Å². The Hall–Kier alpha value is -2.62. The minimum atomic E-state index is -0.183. The fraction of sp³-hybridized carbons (Fsp3) is 0.548. The van der Waals surface area contributed by atoms with E-state index in [2.05, 4.69) is 26.8 Å². The molecular weight excluding hydrogens is 436 g/mol. The third kappa shape index (κ3) is 7.68. The quantitative estimate of drug-likeness (QED) is 0.118. The molecule has 0 saturated carbocycles. The monoisotopic (exact) mass is 478 g/mol. The molecule has 0 N–H and O–H groups in total. The molecule has 0 bridgehead atoms. The molecule has 1 aliphatic carbocycles. The second-order valence-corrected chi connectivity index (χ2v) is 9.87. The summed E-state index contributed by atoms with van der Waals surface area (Å²) < 4.78 is 12.1. The van der Waals surface area contributed by atoms with Gasteiger partial charge in [0.1, 0.15) is 11.5 Å². The molecule has 2 aromatic rings. The zero-order chi connectivity index (χ0) is 25.0. The Morgan fingerprint density at radius 1 is 0.714 bits per heavy atom. The summed E-state index contributed by atoms with van der Waals surface area (Å²) in [4.78, 5) is 25.6. The van der Waals surface area contributed by atoms with Crippen LogP contribution in [0.15, 0.2) is 35.9 Å². The van der Waals surface area contributed by atoms with Gasteiger partial charge in [-0.3, -0.25) is 9.59 Å². The standard InChI is InChI=1S/C31H42O4/c1-4-6-8-10-12-18-28(32)34-30-24-16-14-15-17-25(24)31(27-22-23(3)20-21-26(27)30)35-29(33)19-13-11-9-7-5-2/h14-17,20H,4-13,18-19,21-22H2,1-3H3. The van der Waals surface area contributed by atoms with Crippen LogP contribution in [0.5, 0.6) is 11.5 Å². The highest BCUT2D eigenvalue weighted by Crippen LogP contribution is 2.44. The molecule has 0 atom stereocenters. The summed E-state index contributed by atoms with van der Waals surface area (Å²) in [7, 11) is 0. The van der Waals surface area contributed by atoms with E-state index in [-0.39, 0.29) is 11.9 Å². The molecule has 0 amide bonds. The molecule has 1 aliphatic rings. The number of esters is 2. The maximum absolute atomic E-state index is 12.8. The topological polar surface area (TPSA) is 52.6 Å². The Kier molecular flexibility index (Phi) is 10.8. The van der Waals surface area contributed by atoms with E-state index in [1.165, 1.54) is 31.3 Å². The molecule has 0 saturated heterocycles. The highest BCUT2D eigenvalue weighted by atomic mass is 16.5.